The van der Waals surface area contributed by atoms with Crippen LogP contribution < -0.4 is 0 Å². The summed E-state index contributed by atoms with van der Waals surface area (Å²) in [5.74, 6) is -0.313. The minimum absolute atomic E-state index is 0.153. The minimum Gasteiger partial charge on any atom is -0.466 e. The summed E-state index contributed by atoms with van der Waals surface area (Å²) in [5, 5.41) is 9.35. The van der Waals surface area contributed by atoms with E-state index in [1.165, 1.54) is 128 Å². The number of ether oxygens (including phenoxy) is 6. The molecule has 66 heavy (non-hydrogen) atoms. The molecule has 0 aromatic heterocycles. The lowest BCUT2D eigenvalue weighted by Gasteiger charge is -2.22. The number of rotatable bonds is 56. The monoisotopic (exact) mass is 942 g/mol. The van der Waals surface area contributed by atoms with Crippen molar-refractivity contribution in [2.45, 2.75) is 284 Å². The Morgan fingerprint density at radius 1 is 0.348 bits per heavy atom. The molecule has 0 unspecified atom stereocenters. The molecule has 0 heterocycles. The molecule has 0 radical (unpaired) electrons. The van der Waals surface area contributed by atoms with Crippen LogP contribution in [0.5, 0.6) is 0 Å². The number of carbonyl (C=O) groups excluding carboxylic acids is 2. The molecule has 10 nitrogen and oxygen atoms in total. The van der Waals surface area contributed by atoms with Crippen LogP contribution in [0.2, 0.25) is 0 Å². The Labute approximate surface area is 408 Å². The second kappa shape index (κ2) is 54.6. The van der Waals surface area contributed by atoms with Gasteiger partial charge in [0.2, 0.25) is 0 Å². The molecule has 0 aliphatic rings. The number of aliphatic hydroxyl groups excluding tert-OH is 1. The summed E-state index contributed by atoms with van der Waals surface area (Å²) in [7, 11) is 0. The molecular formula is C56H111NO9. The molecule has 0 aromatic rings. The van der Waals surface area contributed by atoms with Crippen LogP contribution in [-0.4, -0.2) is 100 Å². The summed E-state index contributed by atoms with van der Waals surface area (Å²) in [6.07, 6.45) is 40.6. The number of hydrogen-bond acceptors (Lipinski definition) is 10. The second-order valence-corrected chi connectivity index (χ2v) is 19.0. The van der Waals surface area contributed by atoms with E-state index in [0.717, 1.165) is 110 Å². The molecule has 0 aliphatic carbocycles. The third-order valence-corrected chi connectivity index (χ3v) is 12.5. The summed E-state index contributed by atoms with van der Waals surface area (Å²) in [4.78, 5) is 27.7. The molecule has 0 saturated carbocycles. The van der Waals surface area contributed by atoms with Crippen molar-refractivity contribution < 1.29 is 43.1 Å². The molecule has 0 atom stereocenters. The summed E-state index contributed by atoms with van der Waals surface area (Å²) >= 11 is 0. The molecule has 0 spiro atoms. The first-order valence-electron chi connectivity index (χ1n) is 28.6. The van der Waals surface area contributed by atoms with E-state index in [1.807, 2.05) is 0 Å². The molecule has 0 amide bonds. The predicted molar refractivity (Wildman–Crippen MR) is 275 cm³/mol. The summed E-state index contributed by atoms with van der Waals surface area (Å²) in [5.41, 5.74) is 0. The standard InChI is InChI=1S/C56H111NO9/c1-5-9-13-17-23-34-49-63-55(64-50-35-24-18-14-10-6-2)41-39-53(59)61-47-33-27-21-22-29-43-57(45-31-32-46-58)44-30-28-38-48-62-54(60)40-42-56(65-51-36-25-19-15-11-7-3)66-52-37-26-20-16-12-8-4/h55-56,58H,5-52H2,1-4H3. The van der Waals surface area contributed by atoms with Gasteiger partial charge in [0, 0.05) is 45.9 Å². The molecule has 1 N–H and O–H groups in total. The van der Waals surface area contributed by atoms with E-state index in [-0.39, 0.29) is 31.1 Å². The highest BCUT2D eigenvalue weighted by atomic mass is 16.7. The van der Waals surface area contributed by atoms with Gasteiger partial charge in [0.15, 0.2) is 12.6 Å². The number of aliphatic hydroxyl groups is 1. The number of hydrogen-bond donors (Lipinski definition) is 1. The zero-order valence-electron chi connectivity index (χ0n) is 44.3. The molecule has 0 fully saturated rings. The molecule has 0 saturated heterocycles. The van der Waals surface area contributed by atoms with E-state index >= 15 is 0 Å². The molecule has 0 aliphatic heterocycles. The highest BCUT2D eigenvalue weighted by Crippen LogP contribution is 2.15. The van der Waals surface area contributed by atoms with Crippen LogP contribution in [0.25, 0.3) is 0 Å². The van der Waals surface area contributed by atoms with Crippen molar-refractivity contribution in [1.29, 1.82) is 0 Å². The zero-order valence-corrected chi connectivity index (χ0v) is 44.3. The number of unbranched alkanes of at least 4 members (excludes halogenated alkanes) is 27. The normalized spacial score (nSPS) is 11.8. The minimum atomic E-state index is -0.334. The molecule has 0 rings (SSSR count). The van der Waals surface area contributed by atoms with Gasteiger partial charge in [-0.05, 0) is 90.3 Å². The van der Waals surface area contributed by atoms with E-state index in [0.29, 0.717) is 65.3 Å². The van der Waals surface area contributed by atoms with Gasteiger partial charge in [0.25, 0.3) is 0 Å². The van der Waals surface area contributed by atoms with Gasteiger partial charge in [-0.2, -0.15) is 0 Å². The van der Waals surface area contributed by atoms with E-state index in [9.17, 15) is 14.7 Å². The maximum Gasteiger partial charge on any atom is 0.305 e. The summed E-state index contributed by atoms with van der Waals surface area (Å²) in [6.45, 7) is 16.0. The molecule has 10 heteroatoms. The lowest BCUT2D eigenvalue weighted by atomic mass is 10.1. The van der Waals surface area contributed by atoms with Crippen LogP contribution in [0.4, 0.5) is 0 Å². The SMILES string of the molecule is CCCCCCCCOC(CCC(=O)OCCCCCCCN(CCCCO)CCCCCOC(=O)CCC(OCCCCCCCC)OCCCCCCCC)OCCCCCCCC. The van der Waals surface area contributed by atoms with Crippen molar-refractivity contribution in [3.63, 3.8) is 0 Å². The maximum atomic E-state index is 12.6. The van der Waals surface area contributed by atoms with Crippen molar-refractivity contribution in [3.05, 3.63) is 0 Å². The van der Waals surface area contributed by atoms with Gasteiger partial charge < -0.3 is 38.4 Å². The van der Waals surface area contributed by atoms with Crippen LogP contribution in [0, 0.1) is 0 Å². The number of esters is 2. The quantitative estimate of drug-likeness (QED) is 0.0359. The Hall–Kier alpha value is -1.30. The zero-order chi connectivity index (χ0) is 48.1. The van der Waals surface area contributed by atoms with Gasteiger partial charge in [0.1, 0.15) is 0 Å². The Morgan fingerprint density at radius 3 is 0.924 bits per heavy atom. The van der Waals surface area contributed by atoms with E-state index in [1.54, 1.807) is 0 Å². The largest absolute Gasteiger partial charge is 0.466 e. The maximum absolute atomic E-state index is 12.6. The molecule has 394 valence electrons. The van der Waals surface area contributed by atoms with Crippen molar-refractivity contribution in [2.75, 3.05) is 65.9 Å². The van der Waals surface area contributed by atoms with E-state index < -0.39 is 0 Å². The van der Waals surface area contributed by atoms with Crippen molar-refractivity contribution in [2.24, 2.45) is 0 Å². The number of nitrogens with zero attached hydrogens (tertiary/aromatic N) is 1. The Morgan fingerprint density at radius 2 is 0.606 bits per heavy atom. The fourth-order valence-corrected chi connectivity index (χ4v) is 8.17. The first-order valence-corrected chi connectivity index (χ1v) is 28.6. The third-order valence-electron chi connectivity index (χ3n) is 12.5. The van der Waals surface area contributed by atoms with Gasteiger partial charge in [-0.3, -0.25) is 9.59 Å². The first kappa shape index (κ1) is 64.7. The van der Waals surface area contributed by atoms with Crippen molar-refractivity contribution >= 4 is 11.9 Å². The van der Waals surface area contributed by atoms with Gasteiger partial charge in [0.05, 0.1) is 26.1 Å². The van der Waals surface area contributed by atoms with Crippen molar-refractivity contribution in [1.82, 2.24) is 4.90 Å². The highest BCUT2D eigenvalue weighted by Gasteiger charge is 2.15. The molecule has 0 bridgehead atoms. The average Bonchev–Trinajstić information content (AvgIpc) is 3.32. The average molecular weight is 943 g/mol. The lowest BCUT2D eigenvalue weighted by Crippen LogP contribution is -2.27. The summed E-state index contributed by atoms with van der Waals surface area (Å²) in [6, 6.07) is 0. The predicted octanol–water partition coefficient (Wildman–Crippen LogP) is 15.0. The fraction of sp³-hybridized carbons (Fsp3) is 0.964. The second-order valence-electron chi connectivity index (χ2n) is 19.0. The third kappa shape index (κ3) is 49.1. The Bertz CT molecular complexity index is 936. The van der Waals surface area contributed by atoms with Crippen molar-refractivity contribution in [3.8, 4) is 0 Å². The smallest absolute Gasteiger partial charge is 0.305 e. The summed E-state index contributed by atoms with van der Waals surface area (Å²) < 4.78 is 35.6. The van der Waals surface area contributed by atoms with Crippen LogP contribution >= 0.6 is 0 Å². The molecule has 0 aromatic carbocycles. The van der Waals surface area contributed by atoms with E-state index in [4.69, 9.17) is 28.4 Å². The van der Waals surface area contributed by atoms with Gasteiger partial charge in [-0.15, -0.1) is 0 Å². The van der Waals surface area contributed by atoms with Crippen LogP contribution in [0.1, 0.15) is 272 Å². The van der Waals surface area contributed by atoms with Gasteiger partial charge in [-0.1, -0.05) is 175 Å². The van der Waals surface area contributed by atoms with E-state index in [2.05, 4.69) is 32.6 Å². The first-order chi connectivity index (χ1) is 32.5. The van der Waals surface area contributed by atoms with Crippen LogP contribution in [0.15, 0.2) is 0 Å². The molecular weight excluding hydrogens is 831 g/mol. The van der Waals surface area contributed by atoms with Crippen LogP contribution in [0.3, 0.4) is 0 Å². The topological polar surface area (TPSA) is 113 Å². The Balaban J connectivity index is 4.34. The lowest BCUT2D eigenvalue weighted by molar-refractivity contribution is -0.159. The van der Waals surface area contributed by atoms with Gasteiger partial charge in [-0.25, -0.2) is 0 Å². The van der Waals surface area contributed by atoms with Crippen LogP contribution in [-0.2, 0) is 38.0 Å². The Kier molecular flexibility index (Phi) is 53.6. The fourth-order valence-electron chi connectivity index (χ4n) is 8.17. The number of carbonyl (C=O) groups is 2. The highest BCUT2D eigenvalue weighted by molar-refractivity contribution is 5.69. The van der Waals surface area contributed by atoms with Gasteiger partial charge >= 0.3 is 11.9 Å².